The first-order chi connectivity index (χ1) is 12.0. The van der Waals surface area contributed by atoms with E-state index in [2.05, 4.69) is 25.1 Å². The van der Waals surface area contributed by atoms with Crippen LogP contribution in [0.25, 0.3) is 21.6 Å². The molecule has 0 aliphatic heterocycles. The average molecular weight is 388 g/mol. The zero-order valence-corrected chi connectivity index (χ0v) is 14.4. The van der Waals surface area contributed by atoms with Gasteiger partial charge in [-0.15, -0.1) is 22.0 Å². The Morgan fingerprint density at radius 2 is 2.20 bits per heavy atom. The first kappa shape index (κ1) is 17.7. The number of H-pyrrole nitrogens is 1. The number of ether oxygens (including phenoxy) is 1. The van der Waals surface area contributed by atoms with Gasteiger partial charge < -0.3 is 4.74 Å². The largest absolute Gasteiger partial charge is 0.469 e. The number of benzene rings is 1. The minimum absolute atomic E-state index is 0.108. The van der Waals surface area contributed by atoms with Gasteiger partial charge in [0.05, 0.1) is 24.4 Å². The van der Waals surface area contributed by atoms with E-state index in [-0.39, 0.29) is 28.5 Å². The number of alkyl halides is 2. The highest BCUT2D eigenvalue weighted by atomic mass is 32.2. The van der Waals surface area contributed by atoms with Gasteiger partial charge in [-0.2, -0.15) is 5.10 Å². The number of thioether (sulfide) groups is 1. The standard InChI is InChI=1S/C14H11F3N4O2S2/c1-23-8(22)4-5-24-7-3-2-6-9(10(7)15)11(19-18-6)13-20-21-14(25-13)12(16)17/h2-3,12H,4-5H2,1H3,(H,18,19). The van der Waals surface area contributed by atoms with Crippen LogP contribution >= 0.6 is 23.1 Å². The summed E-state index contributed by atoms with van der Waals surface area (Å²) in [7, 11) is 1.28. The smallest absolute Gasteiger partial charge is 0.306 e. The van der Waals surface area contributed by atoms with Gasteiger partial charge in [-0.05, 0) is 12.1 Å². The van der Waals surface area contributed by atoms with E-state index in [1.165, 1.54) is 7.11 Å². The van der Waals surface area contributed by atoms with Crippen LogP contribution in [0.15, 0.2) is 17.0 Å². The van der Waals surface area contributed by atoms with Gasteiger partial charge in [0, 0.05) is 10.6 Å². The number of nitrogens with one attached hydrogen (secondary N) is 1. The summed E-state index contributed by atoms with van der Waals surface area (Å²) in [5.74, 6) is -0.590. The third-order valence-corrected chi connectivity index (χ3v) is 5.22. The van der Waals surface area contributed by atoms with Crippen molar-refractivity contribution in [1.29, 1.82) is 0 Å². The molecule has 25 heavy (non-hydrogen) atoms. The van der Waals surface area contributed by atoms with Crippen LogP contribution in [-0.4, -0.2) is 39.2 Å². The minimum Gasteiger partial charge on any atom is -0.469 e. The van der Waals surface area contributed by atoms with Gasteiger partial charge in [-0.25, -0.2) is 13.2 Å². The number of carbonyl (C=O) groups excluding carboxylic acids is 1. The quantitative estimate of drug-likeness (QED) is 0.511. The summed E-state index contributed by atoms with van der Waals surface area (Å²) in [6.07, 6.45) is -2.60. The molecule has 1 N–H and O–H groups in total. The Morgan fingerprint density at radius 1 is 1.40 bits per heavy atom. The van der Waals surface area contributed by atoms with Crippen molar-refractivity contribution in [2.24, 2.45) is 0 Å². The van der Waals surface area contributed by atoms with Crippen LogP contribution in [0.1, 0.15) is 17.9 Å². The number of aromatic amines is 1. The van der Waals surface area contributed by atoms with Crippen LogP contribution in [0.2, 0.25) is 0 Å². The minimum atomic E-state index is -2.74. The fourth-order valence-electron chi connectivity index (χ4n) is 2.08. The fourth-order valence-corrected chi connectivity index (χ4v) is 3.66. The lowest BCUT2D eigenvalue weighted by molar-refractivity contribution is -0.140. The highest BCUT2D eigenvalue weighted by molar-refractivity contribution is 7.99. The lowest BCUT2D eigenvalue weighted by Gasteiger charge is -2.04. The van der Waals surface area contributed by atoms with Crippen molar-refractivity contribution < 1.29 is 22.7 Å². The molecule has 132 valence electrons. The van der Waals surface area contributed by atoms with Crippen molar-refractivity contribution in [2.75, 3.05) is 12.9 Å². The van der Waals surface area contributed by atoms with E-state index in [0.717, 1.165) is 11.8 Å². The Labute approximate surface area is 147 Å². The van der Waals surface area contributed by atoms with Gasteiger partial charge in [0.15, 0.2) is 10.0 Å². The maximum absolute atomic E-state index is 14.8. The van der Waals surface area contributed by atoms with Crippen LogP contribution in [-0.2, 0) is 9.53 Å². The van der Waals surface area contributed by atoms with Crippen molar-refractivity contribution in [1.82, 2.24) is 20.4 Å². The summed E-state index contributed by atoms with van der Waals surface area (Å²) in [4.78, 5) is 11.5. The SMILES string of the molecule is COC(=O)CCSc1ccc2[nH]nc(-c3nnc(C(F)F)s3)c2c1F. The third kappa shape index (κ3) is 3.61. The highest BCUT2D eigenvalue weighted by Crippen LogP contribution is 2.36. The van der Waals surface area contributed by atoms with Gasteiger partial charge in [0.25, 0.3) is 6.43 Å². The molecule has 0 atom stereocenters. The van der Waals surface area contributed by atoms with E-state index < -0.39 is 17.3 Å². The average Bonchev–Trinajstić information content (AvgIpc) is 3.23. The lowest BCUT2D eigenvalue weighted by Crippen LogP contribution is -2.01. The molecule has 0 bridgehead atoms. The third-order valence-electron chi connectivity index (χ3n) is 3.25. The fraction of sp³-hybridized carbons (Fsp3) is 0.286. The molecule has 0 spiro atoms. The normalized spacial score (nSPS) is 11.4. The number of rotatable bonds is 6. The summed E-state index contributed by atoms with van der Waals surface area (Å²) < 4.78 is 44.7. The molecule has 6 nitrogen and oxygen atoms in total. The molecule has 3 rings (SSSR count). The van der Waals surface area contributed by atoms with E-state index in [0.29, 0.717) is 27.5 Å². The second kappa shape index (κ2) is 7.40. The molecule has 0 amide bonds. The van der Waals surface area contributed by atoms with E-state index >= 15 is 0 Å². The number of methoxy groups -OCH3 is 1. The molecule has 1 aromatic carbocycles. The zero-order valence-electron chi connectivity index (χ0n) is 12.8. The van der Waals surface area contributed by atoms with Gasteiger partial charge >= 0.3 is 5.97 Å². The molecule has 0 aliphatic carbocycles. The second-order valence-electron chi connectivity index (χ2n) is 4.79. The van der Waals surface area contributed by atoms with E-state index in [4.69, 9.17) is 0 Å². The van der Waals surface area contributed by atoms with Crippen molar-refractivity contribution in [3.05, 3.63) is 23.0 Å². The van der Waals surface area contributed by atoms with Gasteiger partial charge in [-0.1, -0.05) is 11.3 Å². The van der Waals surface area contributed by atoms with Crippen LogP contribution in [0.5, 0.6) is 0 Å². The first-order valence-electron chi connectivity index (χ1n) is 6.99. The Bertz CT molecular complexity index is 913. The van der Waals surface area contributed by atoms with Crippen LogP contribution in [0, 0.1) is 5.82 Å². The molecule has 0 fully saturated rings. The predicted octanol–water partition coefficient (Wildman–Crippen LogP) is 3.81. The molecule has 0 aliphatic rings. The number of carbonyl (C=O) groups is 1. The molecule has 2 aromatic heterocycles. The molecule has 0 saturated carbocycles. The second-order valence-corrected chi connectivity index (χ2v) is 6.94. The topological polar surface area (TPSA) is 80.8 Å². The van der Waals surface area contributed by atoms with Gasteiger partial charge in [0.1, 0.15) is 11.5 Å². The summed E-state index contributed by atoms with van der Waals surface area (Å²) in [6, 6.07) is 3.19. The number of aromatic nitrogens is 4. The Kier molecular flexibility index (Phi) is 5.23. The molecular weight excluding hydrogens is 377 g/mol. The van der Waals surface area contributed by atoms with Crippen molar-refractivity contribution >= 4 is 40.0 Å². The molecule has 11 heteroatoms. The van der Waals surface area contributed by atoms with Crippen molar-refractivity contribution in [2.45, 2.75) is 17.7 Å². The number of fused-ring (bicyclic) bond motifs is 1. The highest BCUT2D eigenvalue weighted by Gasteiger charge is 2.21. The predicted molar refractivity (Wildman–Crippen MR) is 87.3 cm³/mol. The number of hydrogen-bond acceptors (Lipinski definition) is 7. The van der Waals surface area contributed by atoms with E-state index in [9.17, 15) is 18.0 Å². The number of halogens is 3. The number of esters is 1. The van der Waals surface area contributed by atoms with Crippen LogP contribution in [0.3, 0.4) is 0 Å². The maximum atomic E-state index is 14.8. The Morgan fingerprint density at radius 3 is 2.88 bits per heavy atom. The number of hydrogen-bond donors (Lipinski definition) is 1. The molecule has 0 saturated heterocycles. The van der Waals surface area contributed by atoms with Gasteiger partial charge in [-0.3, -0.25) is 9.89 Å². The molecule has 0 unspecified atom stereocenters. The van der Waals surface area contributed by atoms with E-state index in [1.54, 1.807) is 12.1 Å². The molecule has 0 radical (unpaired) electrons. The first-order valence-corrected chi connectivity index (χ1v) is 8.79. The van der Waals surface area contributed by atoms with Crippen molar-refractivity contribution in [3.63, 3.8) is 0 Å². The Balaban J connectivity index is 1.92. The monoisotopic (exact) mass is 388 g/mol. The van der Waals surface area contributed by atoms with Gasteiger partial charge in [0.2, 0.25) is 0 Å². The van der Waals surface area contributed by atoms with Crippen LogP contribution in [0.4, 0.5) is 13.2 Å². The summed E-state index contributed by atoms with van der Waals surface area (Å²) in [5, 5.41) is 13.5. The lowest BCUT2D eigenvalue weighted by atomic mass is 10.2. The Hall–Kier alpha value is -2.14. The summed E-state index contributed by atoms with van der Waals surface area (Å²) >= 11 is 1.82. The summed E-state index contributed by atoms with van der Waals surface area (Å²) in [5.41, 5.74) is 0.547. The van der Waals surface area contributed by atoms with Crippen LogP contribution < -0.4 is 0 Å². The van der Waals surface area contributed by atoms with Crippen molar-refractivity contribution in [3.8, 4) is 10.7 Å². The van der Waals surface area contributed by atoms with E-state index in [1.807, 2.05) is 0 Å². The number of nitrogens with zero attached hydrogens (tertiary/aromatic N) is 3. The zero-order chi connectivity index (χ0) is 18.0. The maximum Gasteiger partial charge on any atom is 0.306 e. The molecular formula is C14H11F3N4O2S2. The molecule has 3 aromatic rings. The summed E-state index contributed by atoms with van der Waals surface area (Å²) in [6.45, 7) is 0. The molecule has 2 heterocycles.